The molecule has 1 saturated heterocycles. The number of carbonyl (C=O) groups is 1. The number of aryl methyl sites for hydroxylation is 1. The summed E-state index contributed by atoms with van der Waals surface area (Å²) in [7, 11) is -3.59. The molecule has 0 spiro atoms. The Morgan fingerprint density at radius 1 is 1.55 bits per heavy atom. The summed E-state index contributed by atoms with van der Waals surface area (Å²) in [4.78, 5) is 11.0. The predicted octanol–water partition coefficient (Wildman–Crippen LogP) is 2.58. The molecule has 1 aliphatic heterocycles. The molecule has 2 rings (SSSR count). The van der Waals surface area contributed by atoms with Crippen LogP contribution in [0.2, 0.25) is 4.34 Å². The first-order chi connectivity index (χ1) is 9.23. The summed E-state index contributed by atoms with van der Waals surface area (Å²) in [6, 6.07) is 1.24. The Hall–Kier alpha value is -0.630. The van der Waals surface area contributed by atoms with E-state index >= 15 is 0 Å². The molecule has 0 aliphatic carbocycles. The summed E-state index contributed by atoms with van der Waals surface area (Å²) in [5.41, 5.74) is 0.739. The van der Waals surface area contributed by atoms with E-state index in [0.717, 1.165) is 16.9 Å². The average Bonchev–Trinajstić information content (AvgIpc) is 2.69. The standard InChI is InChI=1S/C12H16ClNO4S2/c1-7-5-10(19-11(7)13)20(17,18)14-4-3-9(12(15)16)6-8(14)2/h5,8-9H,3-4,6H2,1-2H3,(H,15,16). The maximum atomic E-state index is 12.6. The molecular weight excluding hydrogens is 322 g/mol. The van der Waals surface area contributed by atoms with Gasteiger partial charge in [0.25, 0.3) is 10.0 Å². The minimum atomic E-state index is -3.59. The summed E-state index contributed by atoms with van der Waals surface area (Å²) < 4.78 is 27.2. The molecule has 0 bridgehead atoms. The minimum absolute atomic E-state index is 0.223. The lowest BCUT2D eigenvalue weighted by Crippen LogP contribution is -2.45. The molecular formula is C12H16ClNO4S2. The quantitative estimate of drug-likeness (QED) is 0.919. The van der Waals surface area contributed by atoms with E-state index in [1.807, 2.05) is 0 Å². The molecule has 5 nitrogen and oxygen atoms in total. The number of halogens is 1. The van der Waals surface area contributed by atoms with Crippen molar-refractivity contribution in [3.05, 3.63) is 16.0 Å². The number of hydrogen-bond acceptors (Lipinski definition) is 4. The summed E-state index contributed by atoms with van der Waals surface area (Å²) in [5, 5.41) is 9.02. The molecule has 1 N–H and O–H groups in total. The van der Waals surface area contributed by atoms with Gasteiger partial charge < -0.3 is 5.11 Å². The van der Waals surface area contributed by atoms with Crippen molar-refractivity contribution in [3.8, 4) is 0 Å². The van der Waals surface area contributed by atoms with Crippen molar-refractivity contribution in [3.63, 3.8) is 0 Å². The Labute approximate surface area is 127 Å². The van der Waals surface area contributed by atoms with Gasteiger partial charge in [0.1, 0.15) is 4.21 Å². The zero-order valence-corrected chi connectivity index (χ0v) is 13.6. The highest BCUT2D eigenvalue weighted by Gasteiger charge is 2.37. The highest BCUT2D eigenvalue weighted by Crippen LogP contribution is 2.35. The van der Waals surface area contributed by atoms with Crippen LogP contribution in [-0.2, 0) is 14.8 Å². The number of rotatable bonds is 3. The van der Waals surface area contributed by atoms with Crippen LogP contribution in [0, 0.1) is 12.8 Å². The van der Waals surface area contributed by atoms with Gasteiger partial charge in [-0.2, -0.15) is 4.31 Å². The second-order valence-corrected chi connectivity index (χ2v) is 8.82. The van der Waals surface area contributed by atoms with Gasteiger partial charge in [0.2, 0.25) is 0 Å². The highest BCUT2D eigenvalue weighted by atomic mass is 35.5. The van der Waals surface area contributed by atoms with Gasteiger partial charge in [-0.1, -0.05) is 11.6 Å². The molecule has 0 aromatic carbocycles. The first-order valence-electron chi connectivity index (χ1n) is 6.24. The van der Waals surface area contributed by atoms with E-state index in [9.17, 15) is 13.2 Å². The zero-order chi connectivity index (χ0) is 15.1. The maximum Gasteiger partial charge on any atom is 0.306 e. The summed E-state index contributed by atoms with van der Waals surface area (Å²) in [5.74, 6) is -1.32. The second kappa shape index (κ2) is 5.63. The zero-order valence-electron chi connectivity index (χ0n) is 11.2. The van der Waals surface area contributed by atoms with E-state index in [2.05, 4.69) is 0 Å². The fourth-order valence-corrected chi connectivity index (χ4v) is 5.90. The van der Waals surface area contributed by atoms with Crippen LogP contribution >= 0.6 is 22.9 Å². The molecule has 1 aliphatic rings. The highest BCUT2D eigenvalue weighted by molar-refractivity contribution is 7.91. The van der Waals surface area contributed by atoms with Crippen LogP contribution in [0.15, 0.2) is 10.3 Å². The van der Waals surface area contributed by atoms with Crippen LogP contribution in [0.25, 0.3) is 0 Å². The monoisotopic (exact) mass is 337 g/mol. The maximum absolute atomic E-state index is 12.6. The third-order valence-electron chi connectivity index (χ3n) is 3.56. The van der Waals surface area contributed by atoms with Crippen molar-refractivity contribution in [1.29, 1.82) is 0 Å². The van der Waals surface area contributed by atoms with E-state index < -0.39 is 21.9 Å². The molecule has 112 valence electrons. The van der Waals surface area contributed by atoms with Crippen molar-refractivity contribution in [1.82, 2.24) is 4.31 Å². The molecule has 2 heterocycles. The van der Waals surface area contributed by atoms with Crippen molar-refractivity contribution < 1.29 is 18.3 Å². The molecule has 8 heteroatoms. The second-order valence-electron chi connectivity index (χ2n) is 5.05. The number of carboxylic acid groups (broad SMARTS) is 1. The smallest absolute Gasteiger partial charge is 0.306 e. The van der Waals surface area contributed by atoms with Crippen molar-refractivity contribution in [2.24, 2.45) is 5.92 Å². The van der Waals surface area contributed by atoms with Crippen molar-refractivity contribution >= 4 is 38.9 Å². The first-order valence-corrected chi connectivity index (χ1v) is 8.87. The SMILES string of the molecule is Cc1cc(S(=O)(=O)N2CCC(C(=O)O)CC2C)sc1Cl. The van der Waals surface area contributed by atoms with Crippen molar-refractivity contribution in [2.45, 2.75) is 36.9 Å². The molecule has 1 aromatic rings. The van der Waals surface area contributed by atoms with Crippen LogP contribution in [0.4, 0.5) is 0 Å². The number of thiophene rings is 1. The van der Waals surface area contributed by atoms with E-state index in [1.165, 1.54) is 4.31 Å². The summed E-state index contributed by atoms with van der Waals surface area (Å²) in [6.45, 7) is 3.74. The van der Waals surface area contributed by atoms with Gasteiger partial charge in [-0.05, 0) is 38.3 Å². The van der Waals surface area contributed by atoms with Crippen molar-refractivity contribution in [2.75, 3.05) is 6.54 Å². The lowest BCUT2D eigenvalue weighted by molar-refractivity contribution is -0.143. The van der Waals surface area contributed by atoms with Gasteiger partial charge in [0.15, 0.2) is 0 Å². The van der Waals surface area contributed by atoms with E-state index in [0.29, 0.717) is 17.2 Å². The Morgan fingerprint density at radius 3 is 2.65 bits per heavy atom. The number of piperidine rings is 1. The predicted molar refractivity (Wildman–Crippen MR) is 77.8 cm³/mol. The normalized spacial score (nSPS) is 24.8. The number of nitrogens with zero attached hydrogens (tertiary/aromatic N) is 1. The lowest BCUT2D eigenvalue weighted by atomic mass is 9.93. The Balaban J connectivity index is 2.25. The third-order valence-corrected chi connectivity index (χ3v) is 7.58. The molecule has 1 aromatic heterocycles. The van der Waals surface area contributed by atoms with Gasteiger partial charge in [0, 0.05) is 12.6 Å². The largest absolute Gasteiger partial charge is 0.481 e. The Morgan fingerprint density at radius 2 is 2.20 bits per heavy atom. The summed E-state index contributed by atoms with van der Waals surface area (Å²) >= 11 is 6.98. The lowest BCUT2D eigenvalue weighted by Gasteiger charge is -2.34. The van der Waals surface area contributed by atoms with Crippen LogP contribution in [0.3, 0.4) is 0 Å². The fraction of sp³-hybridized carbons (Fsp3) is 0.583. The van der Waals surface area contributed by atoms with Crippen LogP contribution in [0.5, 0.6) is 0 Å². The molecule has 2 atom stereocenters. The van der Waals surface area contributed by atoms with Crippen LogP contribution in [-0.4, -0.2) is 36.4 Å². The number of sulfonamides is 1. The minimum Gasteiger partial charge on any atom is -0.481 e. The van der Waals surface area contributed by atoms with Gasteiger partial charge in [0.05, 0.1) is 10.3 Å². The first kappa shape index (κ1) is 15.8. The number of hydrogen-bond donors (Lipinski definition) is 1. The molecule has 0 amide bonds. The third kappa shape index (κ3) is 2.86. The van der Waals surface area contributed by atoms with Crippen LogP contribution < -0.4 is 0 Å². The number of carboxylic acids is 1. The van der Waals surface area contributed by atoms with Gasteiger partial charge in [-0.15, -0.1) is 11.3 Å². The molecule has 0 saturated carbocycles. The van der Waals surface area contributed by atoms with E-state index in [1.54, 1.807) is 19.9 Å². The van der Waals surface area contributed by atoms with Gasteiger partial charge in [-0.25, -0.2) is 8.42 Å². The summed E-state index contributed by atoms with van der Waals surface area (Å²) in [6.07, 6.45) is 0.684. The van der Waals surface area contributed by atoms with E-state index in [4.69, 9.17) is 16.7 Å². The molecule has 0 radical (unpaired) electrons. The van der Waals surface area contributed by atoms with Gasteiger partial charge in [-0.3, -0.25) is 4.79 Å². The molecule has 1 fully saturated rings. The molecule has 2 unspecified atom stereocenters. The number of aliphatic carboxylic acids is 1. The van der Waals surface area contributed by atoms with Crippen LogP contribution in [0.1, 0.15) is 25.3 Å². The molecule has 20 heavy (non-hydrogen) atoms. The van der Waals surface area contributed by atoms with Gasteiger partial charge >= 0.3 is 5.97 Å². The average molecular weight is 338 g/mol. The Kier molecular flexibility index (Phi) is 4.44. The van der Waals surface area contributed by atoms with E-state index in [-0.39, 0.29) is 16.8 Å². The fourth-order valence-electron chi connectivity index (χ4n) is 2.41. The topological polar surface area (TPSA) is 74.7 Å². The Bertz CT molecular complexity index is 606.